The number of hydrogen-bond acceptors (Lipinski definition) is 4. The van der Waals surface area contributed by atoms with E-state index in [2.05, 4.69) is 33.6 Å². The normalized spacial score (nSPS) is 19.5. The molecule has 1 atom stereocenters. The summed E-state index contributed by atoms with van der Waals surface area (Å²) in [5.41, 5.74) is 14.3. The molecule has 5 nitrogen and oxygen atoms in total. The van der Waals surface area contributed by atoms with Gasteiger partial charge in [0.15, 0.2) is 5.82 Å². The maximum absolute atomic E-state index is 6.78. The predicted octanol–water partition coefficient (Wildman–Crippen LogP) is 6.14. The van der Waals surface area contributed by atoms with Gasteiger partial charge in [-0.1, -0.05) is 59.6 Å². The fraction of sp³-hybridized carbons (Fsp3) is 0.259. The number of benzene rings is 2. The fourth-order valence-corrected chi connectivity index (χ4v) is 6.52. The summed E-state index contributed by atoms with van der Waals surface area (Å²) in [6.45, 7) is 1.88. The molecule has 0 bridgehead atoms. The molecule has 2 aromatic carbocycles. The molecule has 1 fully saturated rings. The van der Waals surface area contributed by atoms with Crippen LogP contribution in [0.15, 0.2) is 60.8 Å². The monoisotopic (exact) mass is 487 g/mol. The van der Waals surface area contributed by atoms with Crippen LogP contribution in [0.2, 0.25) is 10.0 Å². The minimum Gasteiger partial charge on any atom is -0.355 e. The van der Waals surface area contributed by atoms with Crippen molar-refractivity contribution in [3.8, 4) is 11.1 Å². The topological polar surface area (TPSA) is 59.5 Å². The summed E-state index contributed by atoms with van der Waals surface area (Å²) in [5, 5.41) is 1.08. The van der Waals surface area contributed by atoms with Crippen LogP contribution in [0.1, 0.15) is 30.0 Å². The van der Waals surface area contributed by atoms with Crippen molar-refractivity contribution in [2.75, 3.05) is 18.0 Å². The lowest BCUT2D eigenvalue weighted by molar-refractivity contribution is 0.187. The van der Waals surface area contributed by atoms with Crippen molar-refractivity contribution >= 4 is 45.8 Å². The molecule has 170 valence electrons. The Kier molecular flexibility index (Phi) is 4.41. The van der Waals surface area contributed by atoms with Gasteiger partial charge in [-0.3, -0.25) is 4.40 Å². The average Bonchev–Trinajstić information content (AvgIpc) is 3.53. The molecule has 1 aliphatic heterocycles. The molecule has 3 aromatic heterocycles. The number of hydrogen-bond donors (Lipinski definition) is 1. The number of rotatable bonds is 2. The first-order valence-electron chi connectivity index (χ1n) is 11.7. The zero-order chi connectivity index (χ0) is 23.0. The van der Waals surface area contributed by atoms with Gasteiger partial charge < -0.3 is 10.6 Å². The van der Waals surface area contributed by atoms with Crippen LogP contribution in [-0.2, 0) is 6.42 Å². The predicted molar refractivity (Wildman–Crippen MR) is 138 cm³/mol. The number of piperidine rings is 1. The second-order valence-corrected chi connectivity index (χ2v) is 10.4. The van der Waals surface area contributed by atoms with E-state index in [0.717, 1.165) is 66.1 Å². The Bertz CT molecular complexity index is 1550. The molecule has 7 heteroatoms. The molecule has 2 N–H and O–H groups in total. The average molecular weight is 488 g/mol. The fourth-order valence-electron chi connectivity index (χ4n) is 6.12. The van der Waals surface area contributed by atoms with Gasteiger partial charge in [0.05, 0.1) is 16.2 Å². The van der Waals surface area contributed by atoms with Gasteiger partial charge in [-0.05, 0) is 54.0 Å². The van der Waals surface area contributed by atoms with Gasteiger partial charge in [-0.2, -0.15) is 0 Å². The van der Waals surface area contributed by atoms with Gasteiger partial charge >= 0.3 is 0 Å². The van der Waals surface area contributed by atoms with E-state index in [1.807, 2.05) is 30.5 Å². The Morgan fingerprint density at radius 1 is 0.941 bits per heavy atom. The Morgan fingerprint density at radius 3 is 2.59 bits per heavy atom. The molecule has 2 aliphatic rings. The van der Waals surface area contributed by atoms with E-state index in [0.29, 0.717) is 10.0 Å². The van der Waals surface area contributed by atoms with Crippen molar-refractivity contribution in [2.45, 2.75) is 25.3 Å². The maximum atomic E-state index is 6.78. The van der Waals surface area contributed by atoms with E-state index in [-0.39, 0.29) is 11.5 Å². The van der Waals surface area contributed by atoms with Crippen LogP contribution >= 0.6 is 23.2 Å². The van der Waals surface area contributed by atoms with Gasteiger partial charge in [0, 0.05) is 30.3 Å². The summed E-state index contributed by atoms with van der Waals surface area (Å²) in [5.74, 6) is 0.996. The Morgan fingerprint density at radius 2 is 1.76 bits per heavy atom. The smallest absolute Gasteiger partial charge is 0.157 e. The highest BCUT2D eigenvalue weighted by molar-refractivity contribution is 6.43. The van der Waals surface area contributed by atoms with Crippen molar-refractivity contribution < 1.29 is 0 Å². The first-order valence-corrected chi connectivity index (χ1v) is 12.4. The van der Waals surface area contributed by atoms with Crippen LogP contribution in [0.3, 0.4) is 0 Å². The van der Waals surface area contributed by atoms with Gasteiger partial charge in [-0.15, -0.1) is 0 Å². The second-order valence-electron chi connectivity index (χ2n) is 9.65. The van der Waals surface area contributed by atoms with Crippen molar-refractivity contribution in [1.29, 1.82) is 0 Å². The van der Waals surface area contributed by atoms with Crippen LogP contribution < -0.4 is 10.6 Å². The summed E-state index contributed by atoms with van der Waals surface area (Å²) in [6, 6.07) is 18.5. The molecule has 1 saturated heterocycles. The lowest BCUT2D eigenvalue weighted by Gasteiger charge is -2.42. The molecule has 1 aliphatic carbocycles. The number of nitrogens with two attached hydrogens (primary N) is 1. The Hall–Kier alpha value is -2.86. The number of fused-ring (bicyclic) bond motifs is 1. The van der Waals surface area contributed by atoms with E-state index in [1.165, 1.54) is 11.1 Å². The lowest BCUT2D eigenvalue weighted by Crippen LogP contribution is -2.44. The molecule has 5 aromatic rings. The van der Waals surface area contributed by atoms with Gasteiger partial charge in [0.2, 0.25) is 0 Å². The first kappa shape index (κ1) is 20.5. The highest BCUT2D eigenvalue weighted by atomic mass is 35.5. The van der Waals surface area contributed by atoms with Gasteiger partial charge in [0.1, 0.15) is 16.8 Å². The largest absolute Gasteiger partial charge is 0.355 e. The van der Waals surface area contributed by atoms with E-state index >= 15 is 0 Å². The van der Waals surface area contributed by atoms with Crippen LogP contribution in [-0.4, -0.2) is 27.5 Å². The summed E-state index contributed by atoms with van der Waals surface area (Å²) in [4.78, 5) is 12.2. The number of imidazole rings is 2. The summed E-state index contributed by atoms with van der Waals surface area (Å²) in [7, 11) is 0. The standard InChI is InChI=1S/C27H23Cl2N5/c28-20-7-3-6-18(23(20)29)19-8-9-22-32-26(21-15-31-25(19)34(21)22)33-12-10-27(11-13-33)14-16-4-1-2-5-17(16)24(27)30/h1-9,15,24H,10-14,30H2/t24-/m1/s1. The third-order valence-electron chi connectivity index (χ3n) is 7.97. The molecule has 4 heterocycles. The van der Waals surface area contributed by atoms with Crippen molar-refractivity contribution in [3.63, 3.8) is 0 Å². The summed E-state index contributed by atoms with van der Waals surface area (Å²) < 4.78 is 2.13. The van der Waals surface area contributed by atoms with Crippen molar-refractivity contribution in [3.05, 3.63) is 82.0 Å². The van der Waals surface area contributed by atoms with Crippen LogP contribution in [0, 0.1) is 5.41 Å². The molecule has 7 rings (SSSR count). The van der Waals surface area contributed by atoms with E-state index in [1.54, 1.807) is 6.07 Å². The van der Waals surface area contributed by atoms with Crippen molar-refractivity contribution in [1.82, 2.24) is 14.4 Å². The molecular formula is C27H23Cl2N5. The van der Waals surface area contributed by atoms with Crippen LogP contribution in [0.5, 0.6) is 0 Å². The third kappa shape index (κ3) is 2.78. The molecule has 0 saturated carbocycles. The van der Waals surface area contributed by atoms with Gasteiger partial charge in [0.25, 0.3) is 0 Å². The van der Waals surface area contributed by atoms with E-state index in [4.69, 9.17) is 38.9 Å². The Balaban J connectivity index is 1.23. The minimum absolute atomic E-state index is 0.111. The summed E-state index contributed by atoms with van der Waals surface area (Å²) >= 11 is 12.8. The molecule has 0 unspecified atom stereocenters. The molecule has 0 radical (unpaired) electrons. The maximum Gasteiger partial charge on any atom is 0.157 e. The number of pyridine rings is 1. The zero-order valence-electron chi connectivity index (χ0n) is 18.5. The van der Waals surface area contributed by atoms with E-state index < -0.39 is 0 Å². The number of anilines is 1. The Labute approximate surface area is 207 Å². The quantitative estimate of drug-likeness (QED) is 0.325. The van der Waals surface area contributed by atoms with E-state index in [9.17, 15) is 0 Å². The minimum atomic E-state index is 0.111. The van der Waals surface area contributed by atoms with Crippen LogP contribution in [0.25, 0.3) is 27.9 Å². The van der Waals surface area contributed by atoms with Crippen LogP contribution in [0.4, 0.5) is 5.82 Å². The number of aromatic nitrogens is 3. The summed E-state index contributed by atoms with van der Waals surface area (Å²) in [6.07, 6.45) is 5.12. The number of halogens is 2. The molecule has 34 heavy (non-hydrogen) atoms. The third-order valence-corrected chi connectivity index (χ3v) is 8.79. The lowest BCUT2D eigenvalue weighted by atomic mass is 9.73. The highest BCUT2D eigenvalue weighted by Crippen LogP contribution is 2.51. The molecular weight excluding hydrogens is 465 g/mol. The van der Waals surface area contributed by atoms with Crippen molar-refractivity contribution in [2.24, 2.45) is 11.1 Å². The SMILES string of the molecule is N[C@@H]1c2ccccc2CC12CCN(c1nc3ccc(-c4cccc(Cl)c4Cl)c4ncc1n34)CC2. The first-order chi connectivity index (χ1) is 16.6. The second kappa shape index (κ2) is 7.32. The zero-order valence-corrected chi connectivity index (χ0v) is 20.0. The van der Waals surface area contributed by atoms with Gasteiger partial charge in [-0.25, -0.2) is 9.97 Å². The number of nitrogens with zero attached hydrogens (tertiary/aromatic N) is 4. The highest BCUT2D eigenvalue weighted by Gasteiger charge is 2.46. The molecule has 1 spiro atoms. The molecule has 0 amide bonds.